The standard InChI is InChI=1S/C28H30ClN5O2/c1-17-7-6-10-21(15-17)27-33-25-23(34(27)16-19-11-13-22(29)14-12-19)24(31-26(32-25)28(35)36)30-18(2)20-8-4-3-5-9-20/h6-7,10-15,18,20H,3-5,8-9,16H2,1-2H3,(H,35,36)(H,30,31,32). The predicted molar refractivity (Wildman–Crippen MR) is 143 cm³/mol. The van der Waals surface area contributed by atoms with Gasteiger partial charge in [0.1, 0.15) is 11.3 Å². The van der Waals surface area contributed by atoms with Gasteiger partial charge in [0.2, 0.25) is 5.82 Å². The molecule has 0 saturated heterocycles. The number of anilines is 1. The Morgan fingerprint density at radius 3 is 2.56 bits per heavy atom. The van der Waals surface area contributed by atoms with E-state index >= 15 is 0 Å². The number of benzene rings is 2. The second-order valence-electron chi connectivity index (χ2n) is 9.72. The van der Waals surface area contributed by atoms with E-state index in [-0.39, 0.29) is 11.9 Å². The maximum absolute atomic E-state index is 11.9. The molecule has 1 saturated carbocycles. The van der Waals surface area contributed by atoms with Gasteiger partial charge in [-0.05, 0) is 56.4 Å². The van der Waals surface area contributed by atoms with Gasteiger partial charge in [0, 0.05) is 23.2 Å². The minimum atomic E-state index is -1.17. The summed E-state index contributed by atoms with van der Waals surface area (Å²) in [6, 6.07) is 16.0. The molecule has 0 radical (unpaired) electrons. The van der Waals surface area contributed by atoms with Gasteiger partial charge in [-0.1, -0.05) is 66.8 Å². The summed E-state index contributed by atoms with van der Waals surface area (Å²) in [5, 5.41) is 14.0. The second-order valence-corrected chi connectivity index (χ2v) is 10.2. The third-order valence-electron chi connectivity index (χ3n) is 7.05. The average Bonchev–Trinajstić information content (AvgIpc) is 3.24. The molecule has 1 fully saturated rings. The third-order valence-corrected chi connectivity index (χ3v) is 7.30. The number of hydrogen-bond donors (Lipinski definition) is 2. The van der Waals surface area contributed by atoms with Crippen LogP contribution in [0.3, 0.4) is 0 Å². The Balaban J connectivity index is 1.68. The Hall–Kier alpha value is -3.45. The number of carboxylic acid groups (broad SMARTS) is 1. The van der Waals surface area contributed by atoms with Crippen LogP contribution in [0.15, 0.2) is 48.5 Å². The second kappa shape index (κ2) is 10.3. The quantitative estimate of drug-likeness (QED) is 0.296. The Morgan fingerprint density at radius 2 is 1.86 bits per heavy atom. The van der Waals surface area contributed by atoms with Crippen LogP contribution in [0, 0.1) is 12.8 Å². The van der Waals surface area contributed by atoms with Crippen LogP contribution in [-0.2, 0) is 6.54 Å². The number of halogens is 1. The van der Waals surface area contributed by atoms with Crippen LogP contribution in [0.5, 0.6) is 0 Å². The van der Waals surface area contributed by atoms with Crippen LogP contribution in [0.25, 0.3) is 22.6 Å². The number of hydrogen-bond acceptors (Lipinski definition) is 5. The fourth-order valence-corrected chi connectivity index (χ4v) is 5.26. The molecule has 2 aromatic heterocycles. The highest BCUT2D eigenvalue weighted by atomic mass is 35.5. The summed E-state index contributed by atoms with van der Waals surface area (Å²) >= 11 is 6.13. The SMILES string of the molecule is Cc1cccc(-c2nc3nc(C(=O)O)nc(NC(C)C4CCCCC4)c3n2Cc2ccc(Cl)cc2)c1. The zero-order valence-electron chi connectivity index (χ0n) is 20.5. The van der Waals surface area contributed by atoms with Crippen LogP contribution in [0.2, 0.25) is 5.02 Å². The van der Waals surface area contributed by atoms with Gasteiger partial charge in [-0.15, -0.1) is 0 Å². The first kappa shape index (κ1) is 24.3. The largest absolute Gasteiger partial charge is 0.475 e. The molecule has 2 N–H and O–H groups in total. The number of rotatable bonds is 7. The van der Waals surface area contributed by atoms with Gasteiger partial charge >= 0.3 is 5.97 Å². The van der Waals surface area contributed by atoms with E-state index in [2.05, 4.69) is 32.8 Å². The van der Waals surface area contributed by atoms with E-state index < -0.39 is 5.97 Å². The molecule has 7 nitrogen and oxygen atoms in total. The molecule has 0 bridgehead atoms. The van der Waals surface area contributed by atoms with Gasteiger partial charge in [-0.25, -0.2) is 19.7 Å². The summed E-state index contributed by atoms with van der Waals surface area (Å²) in [4.78, 5) is 25.6. The van der Waals surface area contributed by atoms with Crippen molar-refractivity contribution in [1.29, 1.82) is 0 Å². The first-order valence-corrected chi connectivity index (χ1v) is 12.9. The van der Waals surface area contributed by atoms with E-state index in [0.29, 0.717) is 40.3 Å². The Kier molecular flexibility index (Phi) is 6.92. The zero-order chi connectivity index (χ0) is 25.2. The highest BCUT2D eigenvalue weighted by molar-refractivity contribution is 6.30. The zero-order valence-corrected chi connectivity index (χ0v) is 21.3. The van der Waals surface area contributed by atoms with E-state index in [9.17, 15) is 9.90 Å². The highest BCUT2D eigenvalue weighted by Crippen LogP contribution is 2.32. The van der Waals surface area contributed by atoms with Crippen molar-refractivity contribution >= 4 is 34.6 Å². The van der Waals surface area contributed by atoms with Crippen molar-refractivity contribution in [1.82, 2.24) is 19.5 Å². The number of carboxylic acids is 1. The van der Waals surface area contributed by atoms with Crippen LogP contribution in [0.1, 0.15) is 60.8 Å². The van der Waals surface area contributed by atoms with Crippen molar-refractivity contribution in [3.8, 4) is 11.4 Å². The van der Waals surface area contributed by atoms with E-state index in [0.717, 1.165) is 29.5 Å². The fraction of sp³-hybridized carbons (Fsp3) is 0.357. The third kappa shape index (κ3) is 5.07. The van der Waals surface area contributed by atoms with Crippen molar-refractivity contribution in [3.05, 3.63) is 70.5 Å². The number of imidazole rings is 1. The molecule has 0 spiro atoms. The smallest absolute Gasteiger partial charge is 0.374 e. The molecule has 0 amide bonds. The molecule has 4 aromatic rings. The molecule has 36 heavy (non-hydrogen) atoms. The Bertz CT molecular complexity index is 1390. The molecule has 8 heteroatoms. The van der Waals surface area contributed by atoms with E-state index in [1.165, 1.54) is 19.3 Å². The van der Waals surface area contributed by atoms with Gasteiger partial charge in [0.15, 0.2) is 11.5 Å². The summed E-state index contributed by atoms with van der Waals surface area (Å²) in [6.45, 7) is 4.71. The van der Waals surface area contributed by atoms with Crippen molar-refractivity contribution in [2.45, 2.75) is 58.5 Å². The summed E-state index contributed by atoms with van der Waals surface area (Å²) in [5.74, 6) is 0.313. The van der Waals surface area contributed by atoms with Gasteiger partial charge in [0.25, 0.3) is 0 Å². The average molecular weight is 504 g/mol. The van der Waals surface area contributed by atoms with Crippen LogP contribution < -0.4 is 5.32 Å². The first-order valence-electron chi connectivity index (χ1n) is 12.5. The summed E-state index contributed by atoms with van der Waals surface area (Å²) in [6.07, 6.45) is 6.04. The topological polar surface area (TPSA) is 92.9 Å². The van der Waals surface area contributed by atoms with E-state index in [1.807, 2.05) is 49.4 Å². The minimum Gasteiger partial charge on any atom is -0.475 e. The molecule has 0 aliphatic heterocycles. The predicted octanol–water partition coefficient (Wildman–Crippen LogP) is 6.58. The molecule has 1 atom stereocenters. The number of fused-ring (bicyclic) bond motifs is 1. The van der Waals surface area contributed by atoms with Crippen molar-refractivity contribution in [3.63, 3.8) is 0 Å². The monoisotopic (exact) mass is 503 g/mol. The molecular weight excluding hydrogens is 474 g/mol. The minimum absolute atomic E-state index is 0.145. The molecule has 1 unspecified atom stereocenters. The summed E-state index contributed by atoms with van der Waals surface area (Å²) in [7, 11) is 0. The molecule has 5 rings (SSSR count). The first-order chi connectivity index (χ1) is 17.4. The van der Waals surface area contributed by atoms with E-state index in [1.54, 1.807) is 0 Å². The lowest BCUT2D eigenvalue weighted by Gasteiger charge is -2.29. The molecule has 2 heterocycles. The van der Waals surface area contributed by atoms with Crippen LogP contribution in [0.4, 0.5) is 5.82 Å². The maximum atomic E-state index is 11.9. The number of nitrogens with zero attached hydrogens (tertiary/aromatic N) is 4. The molecule has 2 aromatic carbocycles. The van der Waals surface area contributed by atoms with Crippen LogP contribution >= 0.6 is 11.6 Å². The highest BCUT2D eigenvalue weighted by Gasteiger charge is 2.25. The van der Waals surface area contributed by atoms with Gasteiger partial charge < -0.3 is 15.0 Å². The number of aryl methyl sites for hydroxylation is 1. The normalized spacial score (nSPS) is 15.2. The lowest BCUT2D eigenvalue weighted by molar-refractivity contribution is 0.0684. The lowest BCUT2D eigenvalue weighted by Crippen LogP contribution is -2.28. The van der Waals surface area contributed by atoms with Crippen molar-refractivity contribution < 1.29 is 9.90 Å². The van der Waals surface area contributed by atoms with Crippen molar-refractivity contribution in [2.75, 3.05) is 5.32 Å². The molecule has 186 valence electrons. The van der Waals surface area contributed by atoms with Crippen LogP contribution in [-0.4, -0.2) is 36.6 Å². The molecule has 1 aliphatic carbocycles. The lowest BCUT2D eigenvalue weighted by atomic mass is 9.84. The summed E-state index contributed by atoms with van der Waals surface area (Å²) in [5.41, 5.74) is 4.16. The number of nitrogens with one attached hydrogen (secondary N) is 1. The Labute approximate surface area is 215 Å². The van der Waals surface area contributed by atoms with E-state index in [4.69, 9.17) is 16.6 Å². The van der Waals surface area contributed by atoms with Crippen molar-refractivity contribution in [2.24, 2.45) is 5.92 Å². The molecular formula is C28H30ClN5O2. The Morgan fingerprint density at radius 1 is 1.11 bits per heavy atom. The number of carbonyl (C=O) groups is 1. The molecule has 1 aliphatic rings. The summed E-state index contributed by atoms with van der Waals surface area (Å²) < 4.78 is 2.08. The number of aromatic carboxylic acids is 1. The maximum Gasteiger partial charge on any atom is 0.374 e. The fourth-order valence-electron chi connectivity index (χ4n) is 5.13. The van der Waals surface area contributed by atoms with Gasteiger partial charge in [0.05, 0.1) is 0 Å². The van der Waals surface area contributed by atoms with Gasteiger partial charge in [-0.3, -0.25) is 0 Å². The number of aromatic nitrogens is 4. The van der Waals surface area contributed by atoms with Gasteiger partial charge in [-0.2, -0.15) is 0 Å².